The lowest BCUT2D eigenvalue weighted by atomic mass is 10.0. The fourth-order valence-corrected chi connectivity index (χ4v) is 11.2. The van der Waals surface area contributed by atoms with Crippen LogP contribution in [0.4, 0.5) is 0 Å². The van der Waals surface area contributed by atoms with Crippen molar-refractivity contribution in [3.8, 4) is 0 Å². The molecule has 0 aromatic rings. The maximum Gasteiger partial charge on any atom is 0.306 e. The summed E-state index contributed by atoms with van der Waals surface area (Å²) in [6.07, 6.45) is 87.7. The van der Waals surface area contributed by atoms with Gasteiger partial charge in [-0.2, -0.15) is 0 Å². The first-order chi connectivity index (χ1) is 40.0. The van der Waals surface area contributed by atoms with Crippen molar-refractivity contribution in [3.05, 3.63) is 36.5 Å². The molecule has 0 amide bonds. The molecule has 0 aromatic heterocycles. The van der Waals surface area contributed by atoms with E-state index in [1.165, 1.54) is 295 Å². The van der Waals surface area contributed by atoms with Gasteiger partial charge in [0.2, 0.25) is 0 Å². The molecule has 6 heteroatoms. The summed E-state index contributed by atoms with van der Waals surface area (Å²) in [4.78, 5) is 38.3. The Morgan fingerprint density at radius 2 is 0.444 bits per heavy atom. The van der Waals surface area contributed by atoms with Gasteiger partial charge in [0.1, 0.15) is 13.2 Å². The third-order valence-electron chi connectivity index (χ3n) is 16.6. The average Bonchev–Trinajstić information content (AvgIpc) is 3.47. The number of allylic oxidation sites excluding steroid dienone is 6. The van der Waals surface area contributed by atoms with E-state index in [4.69, 9.17) is 14.2 Å². The topological polar surface area (TPSA) is 78.9 Å². The molecule has 1 atom stereocenters. The van der Waals surface area contributed by atoms with Crippen LogP contribution in [0.1, 0.15) is 406 Å². The second kappa shape index (κ2) is 70.1. The van der Waals surface area contributed by atoms with Crippen molar-refractivity contribution in [1.29, 1.82) is 0 Å². The summed E-state index contributed by atoms with van der Waals surface area (Å²) in [5.74, 6) is -0.834. The molecule has 0 rings (SSSR count). The molecule has 0 aliphatic rings. The number of esters is 3. The molecule has 0 heterocycles. The second-order valence-corrected chi connectivity index (χ2v) is 24.9. The Morgan fingerprint density at radius 1 is 0.247 bits per heavy atom. The summed E-state index contributed by atoms with van der Waals surface area (Å²) >= 11 is 0. The highest BCUT2D eigenvalue weighted by atomic mass is 16.6. The van der Waals surface area contributed by atoms with Crippen molar-refractivity contribution in [2.24, 2.45) is 0 Å². The monoisotopic (exact) mass is 1140 g/mol. The average molecular weight is 1140 g/mol. The van der Waals surface area contributed by atoms with E-state index in [0.717, 1.165) is 70.6 Å². The van der Waals surface area contributed by atoms with Crippen LogP contribution in [0.5, 0.6) is 0 Å². The van der Waals surface area contributed by atoms with Crippen LogP contribution in [0.25, 0.3) is 0 Å². The van der Waals surface area contributed by atoms with Crippen molar-refractivity contribution in [2.75, 3.05) is 13.2 Å². The Morgan fingerprint density at radius 3 is 0.691 bits per heavy atom. The van der Waals surface area contributed by atoms with Crippen molar-refractivity contribution < 1.29 is 28.6 Å². The first-order valence-corrected chi connectivity index (χ1v) is 36.5. The van der Waals surface area contributed by atoms with Crippen LogP contribution in [-0.2, 0) is 28.6 Å². The summed E-state index contributed by atoms with van der Waals surface area (Å²) in [5, 5.41) is 0. The van der Waals surface area contributed by atoms with Gasteiger partial charge in [-0.3, -0.25) is 14.4 Å². The van der Waals surface area contributed by atoms with Gasteiger partial charge in [0.25, 0.3) is 0 Å². The molecule has 1 unspecified atom stereocenters. The maximum atomic E-state index is 12.9. The molecule has 0 N–H and O–H groups in total. The molecule has 0 fully saturated rings. The molecule has 476 valence electrons. The molecule has 0 saturated carbocycles. The standard InChI is InChI=1S/C75H140O6/c1-4-7-10-13-16-19-22-24-26-28-30-32-33-34-35-36-37-38-39-40-41-42-43-44-46-47-49-51-53-56-59-62-65-68-74(77)80-71-72(70-79-73(76)67-64-61-58-55-21-18-15-12-9-6-3)81-75(78)69-66-63-60-57-54-52-50-48-45-31-29-27-25-23-20-17-14-11-8-5-2/h22,24,28,30,33-34,72H,4-21,23,25-27,29,31-32,35-71H2,1-3H3/b24-22-,30-28-,34-33-. The lowest BCUT2D eigenvalue weighted by Crippen LogP contribution is -2.30. The summed E-state index contributed by atoms with van der Waals surface area (Å²) in [5.41, 5.74) is 0. The minimum Gasteiger partial charge on any atom is -0.462 e. The van der Waals surface area contributed by atoms with E-state index in [0.29, 0.717) is 19.3 Å². The van der Waals surface area contributed by atoms with Gasteiger partial charge in [-0.05, 0) is 57.8 Å². The molecule has 0 radical (unpaired) electrons. The van der Waals surface area contributed by atoms with E-state index >= 15 is 0 Å². The Kier molecular flexibility index (Phi) is 68.1. The van der Waals surface area contributed by atoms with Gasteiger partial charge in [-0.1, -0.05) is 365 Å². The Bertz CT molecular complexity index is 1350. The van der Waals surface area contributed by atoms with Crippen molar-refractivity contribution >= 4 is 17.9 Å². The number of hydrogen-bond acceptors (Lipinski definition) is 6. The van der Waals surface area contributed by atoms with Crippen LogP contribution in [0.15, 0.2) is 36.5 Å². The number of ether oxygens (including phenoxy) is 3. The van der Waals surface area contributed by atoms with Crippen molar-refractivity contribution in [2.45, 2.75) is 412 Å². The Balaban J connectivity index is 4.07. The molecule has 81 heavy (non-hydrogen) atoms. The van der Waals surface area contributed by atoms with E-state index < -0.39 is 6.10 Å². The zero-order chi connectivity index (χ0) is 58.5. The van der Waals surface area contributed by atoms with Gasteiger partial charge in [0, 0.05) is 19.3 Å². The number of carbonyl (C=O) groups is 3. The molecule has 0 aliphatic heterocycles. The van der Waals surface area contributed by atoms with E-state index in [1.54, 1.807) is 0 Å². The van der Waals surface area contributed by atoms with Gasteiger partial charge in [-0.25, -0.2) is 0 Å². The van der Waals surface area contributed by atoms with Crippen LogP contribution < -0.4 is 0 Å². The molecular formula is C75H140O6. The third kappa shape index (κ3) is 68.3. The molecule has 0 bridgehead atoms. The van der Waals surface area contributed by atoms with Gasteiger partial charge in [0.15, 0.2) is 6.10 Å². The SMILES string of the molecule is CCCCCCC/C=C\C/C=C\C/C=C\CCCCCCCCCCCCCCCCCCCCC(=O)OCC(COC(=O)CCCCCCCCCCCC)OC(=O)CCCCCCCCCCCCCCCCCCCCCC. The molecular weight excluding hydrogens is 997 g/mol. The first-order valence-electron chi connectivity index (χ1n) is 36.5. The number of rotatable bonds is 68. The molecule has 0 saturated heterocycles. The summed E-state index contributed by atoms with van der Waals surface area (Å²) in [6.45, 7) is 6.69. The minimum atomic E-state index is -0.766. The Hall–Kier alpha value is -2.37. The smallest absolute Gasteiger partial charge is 0.306 e. The zero-order valence-electron chi connectivity index (χ0n) is 54.8. The quantitative estimate of drug-likeness (QED) is 0.0261. The first kappa shape index (κ1) is 78.6. The minimum absolute atomic E-state index is 0.0645. The van der Waals surface area contributed by atoms with Gasteiger partial charge >= 0.3 is 17.9 Å². The third-order valence-corrected chi connectivity index (χ3v) is 16.6. The van der Waals surface area contributed by atoms with Crippen LogP contribution in [0, 0.1) is 0 Å². The normalized spacial score (nSPS) is 12.2. The van der Waals surface area contributed by atoms with E-state index in [1.807, 2.05) is 0 Å². The largest absolute Gasteiger partial charge is 0.462 e. The highest BCUT2D eigenvalue weighted by molar-refractivity contribution is 5.71. The van der Waals surface area contributed by atoms with Crippen molar-refractivity contribution in [1.82, 2.24) is 0 Å². The molecule has 6 nitrogen and oxygen atoms in total. The predicted molar refractivity (Wildman–Crippen MR) is 353 cm³/mol. The van der Waals surface area contributed by atoms with Crippen molar-refractivity contribution in [3.63, 3.8) is 0 Å². The van der Waals surface area contributed by atoms with Crippen LogP contribution >= 0.6 is 0 Å². The zero-order valence-corrected chi connectivity index (χ0v) is 54.8. The molecule has 0 spiro atoms. The van der Waals surface area contributed by atoms with E-state index in [-0.39, 0.29) is 31.1 Å². The number of hydrogen-bond donors (Lipinski definition) is 0. The Labute approximate surface area is 506 Å². The van der Waals surface area contributed by atoms with Gasteiger partial charge in [0.05, 0.1) is 0 Å². The summed E-state index contributed by atoms with van der Waals surface area (Å²) < 4.78 is 17.0. The van der Waals surface area contributed by atoms with Gasteiger partial charge < -0.3 is 14.2 Å². The highest BCUT2D eigenvalue weighted by Gasteiger charge is 2.19. The lowest BCUT2D eigenvalue weighted by molar-refractivity contribution is -0.167. The fraction of sp³-hybridized carbons (Fsp3) is 0.880. The molecule has 0 aliphatic carbocycles. The fourth-order valence-electron chi connectivity index (χ4n) is 11.2. The predicted octanol–water partition coefficient (Wildman–Crippen LogP) is 25.1. The van der Waals surface area contributed by atoms with Crippen LogP contribution in [0.3, 0.4) is 0 Å². The maximum absolute atomic E-state index is 12.9. The molecule has 0 aromatic carbocycles. The summed E-state index contributed by atoms with van der Waals surface area (Å²) in [7, 11) is 0. The summed E-state index contributed by atoms with van der Waals surface area (Å²) in [6, 6.07) is 0. The highest BCUT2D eigenvalue weighted by Crippen LogP contribution is 2.19. The van der Waals surface area contributed by atoms with Crippen LogP contribution in [0.2, 0.25) is 0 Å². The van der Waals surface area contributed by atoms with E-state index in [9.17, 15) is 14.4 Å². The number of carbonyl (C=O) groups excluding carboxylic acids is 3. The van der Waals surface area contributed by atoms with Gasteiger partial charge in [-0.15, -0.1) is 0 Å². The van der Waals surface area contributed by atoms with E-state index in [2.05, 4.69) is 57.2 Å². The lowest BCUT2D eigenvalue weighted by Gasteiger charge is -2.18. The van der Waals surface area contributed by atoms with Crippen LogP contribution in [-0.4, -0.2) is 37.2 Å². The second-order valence-electron chi connectivity index (χ2n) is 24.9. The number of unbranched alkanes of at least 4 members (excludes halogenated alkanes) is 51.